The summed E-state index contributed by atoms with van der Waals surface area (Å²) in [7, 11) is 0. The van der Waals surface area contributed by atoms with Crippen molar-refractivity contribution >= 4 is 5.91 Å². The predicted molar refractivity (Wildman–Crippen MR) is 77.9 cm³/mol. The van der Waals surface area contributed by atoms with Gasteiger partial charge in [0.1, 0.15) is 5.76 Å². The lowest BCUT2D eigenvalue weighted by Gasteiger charge is -2.38. The van der Waals surface area contributed by atoms with E-state index in [9.17, 15) is 4.79 Å². The lowest BCUT2D eigenvalue weighted by atomic mass is 9.78. The monoisotopic (exact) mass is 276 g/mol. The maximum absolute atomic E-state index is 12.5. The van der Waals surface area contributed by atoms with Gasteiger partial charge in [0.25, 0.3) is 5.91 Å². The van der Waals surface area contributed by atoms with Crippen LogP contribution < -0.4 is 5.32 Å². The summed E-state index contributed by atoms with van der Waals surface area (Å²) in [5, 5.41) is 3.45. The molecule has 1 aromatic rings. The minimum absolute atomic E-state index is 0.0635. The van der Waals surface area contributed by atoms with E-state index in [-0.39, 0.29) is 5.91 Å². The molecule has 2 fully saturated rings. The zero-order valence-electron chi connectivity index (χ0n) is 12.5. The van der Waals surface area contributed by atoms with Crippen molar-refractivity contribution in [1.29, 1.82) is 0 Å². The molecule has 2 aliphatic rings. The topological polar surface area (TPSA) is 45.5 Å². The molecule has 3 heterocycles. The molecule has 0 aromatic carbocycles. The number of aryl methyl sites for hydroxylation is 2. The fourth-order valence-corrected chi connectivity index (χ4v) is 3.54. The summed E-state index contributed by atoms with van der Waals surface area (Å²) in [4.78, 5) is 14.5. The van der Waals surface area contributed by atoms with Crippen molar-refractivity contribution in [2.24, 2.45) is 5.41 Å². The van der Waals surface area contributed by atoms with Crippen LogP contribution in [0.15, 0.2) is 10.5 Å². The minimum atomic E-state index is 0.0635. The Hall–Kier alpha value is -1.29. The number of nitrogens with zero attached hydrogens (tertiary/aromatic N) is 1. The number of carbonyl (C=O) groups is 1. The number of likely N-dealkylation sites (tertiary alicyclic amines) is 1. The average Bonchev–Trinajstić information content (AvgIpc) is 3.06. The first kappa shape index (κ1) is 13.7. The van der Waals surface area contributed by atoms with Crippen molar-refractivity contribution in [2.45, 2.75) is 39.5 Å². The van der Waals surface area contributed by atoms with Gasteiger partial charge in [-0.2, -0.15) is 0 Å². The number of piperidine rings is 1. The van der Waals surface area contributed by atoms with Gasteiger partial charge in [0.05, 0.1) is 0 Å². The summed E-state index contributed by atoms with van der Waals surface area (Å²) in [5.41, 5.74) is 1.54. The average molecular weight is 276 g/mol. The molecule has 3 rings (SSSR count). The first-order chi connectivity index (χ1) is 9.63. The fraction of sp³-hybridized carbons (Fsp3) is 0.688. The third kappa shape index (κ3) is 2.37. The molecule has 2 saturated heterocycles. The first-order valence-electron chi connectivity index (χ1n) is 7.73. The van der Waals surface area contributed by atoms with E-state index in [0.29, 0.717) is 11.2 Å². The molecule has 1 amide bonds. The zero-order valence-corrected chi connectivity index (χ0v) is 12.5. The fourth-order valence-electron chi connectivity index (χ4n) is 3.54. The van der Waals surface area contributed by atoms with Gasteiger partial charge in [-0.05, 0) is 49.8 Å². The van der Waals surface area contributed by atoms with Gasteiger partial charge in [-0.15, -0.1) is 0 Å². The number of hydrogen-bond acceptors (Lipinski definition) is 3. The van der Waals surface area contributed by atoms with E-state index < -0.39 is 0 Å². The first-order valence-corrected chi connectivity index (χ1v) is 7.73. The number of hydrogen-bond donors (Lipinski definition) is 1. The van der Waals surface area contributed by atoms with Crippen molar-refractivity contribution in [3.8, 4) is 0 Å². The Morgan fingerprint density at radius 2 is 2.15 bits per heavy atom. The summed E-state index contributed by atoms with van der Waals surface area (Å²) < 4.78 is 5.69. The lowest BCUT2D eigenvalue weighted by Crippen LogP contribution is -2.43. The second-order valence-electron chi connectivity index (χ2n) is 6.29. The van der Waals surface area contributed by atoms with Crippen molar-refractivity contribution in [3.63, 3.8) is 0 Å². The molecule has 0 saturated carbocycles. The standard InChI is InChI=1S/C16H24N2O2/c1-3-13-12(2)10-14(20-13)15(19)18-8-5-16(6-9-18)4-7-17-11-16/h10,17H,3-9,11H2,1-2H3. The van der Waals surface area contributed by atoms with Gasteiger partial charge in [0.15, 0.2) is 5.76 Å². The Morgan fingerprint density at radius 3 is 2.70 bits per heavy atom. The summed E-state index contributed by atoms with van der Waals surface area (Å²) in [5.74, 6) is 1.51. The molecule has 0 bridgehead atoms. The van der Waals surface area contributed by atoms with Gasteiger partial charge < -0.3 is 14.6 Å². The highest BCUT2D eigenvalue weighted by Crippen LogP contribution is 2.37. The van der Waals surface area contributed by atoms with E-state index in [4.69, 9.17) is 4.42 Å². The molecule has 1 N–H and O–H groups in total. The van der Waals surface area contributed by atoms with Gasteiger partial charge in [0.2, 0.25) is 0 Å². The van der Waals surface area contributed by atoms with Crippen LogP contribution in [-0.4, -0.2) is 37.0 Å². The molecule has 4 nitrogen and oxygen atoms in total. The van der Waals surface area contributed by atoms with Crippen LogP contribution in [0.3, 0.4) is 0 Å². The number of nitrogens with one attached hydrogen (secondary N) is 1. The summed E-state index contributed by atoms with van der Waals surface area (Å²) in [6, 6.07) is 1.89. The van der Waals surface area contributed by atoms with Crippen LogP contribution in [0.25, 0.3) is 0 Å². The van der Waals surface area contributed by atoms with E-state index >= 15 is 0 Å². The molecule has 0 aliphatic carbocycles. The minimum Gasteiger partial charge on any atom is -0.456 e. The van der Waals surface area contributed by atoms with Crippen LogP contribution in [-0.2, 0) is 6.42 Å². The molecule has 1 spiro atoms. The van der Waals surface area contributed by atoms with Gasteiger partial charge in [-0.25, -0.2) is 0 Å². The van der Waals surface area contributed by atoms with Crippen LogP contribution in [0.1, 0.15) is 48.1 Å². The third-order valence-electron chi connectivity index (χ3n) is 5.00. The third-order valence-corrected chi connectivity index (χ3v) is 5.00. The Kier molecular flexibility index (Phi) is 3.59. The maximum Gasteiger partial charge on any atom is 0.289 e. The van der Waals surface area contributed by atoms with E-state index in [1.54, 1.807) is 0 Å². The van der Waals surface area contributed by atoms with Crippen LogP contribution in [0.2, 0.25) is 0 Å². The summed E-state index contributed by atoms with van der Waals surface area (Å²) in [6.07, 6.45) is 4.33. The maximum atomic E-state index is 12.5. The summed E-state index contributed by atoms with van der Waals surface area (Å²) >= 11 is 0. The molecular formula is C16H24N2O2. The van der Waals surface area contributed by atoms with Crippen molar-refractivity contribution in [2.75, 3.05) is 26.2 Å². The quantitative estimate of drug-likeness (QED) is 0.902. The molecule has 0 radical (unpaired) electrons. The highest BCUT2D eigenvalue weighted by atomic mass is 16.4. The van der Waals surface area contributed by atoms with Crippen molar-refractivity contribution < 1.29 is 9.21 Å². The largest absolute Gasteiger partial charge is 0.456 e. The van der Waals surface area contributed by atoms with E-state index in [2.05, 4.69) is 12.2 Å². The van der Waals surface area contributed by atoms with E-state index in [1.807, 2.05) is 17.9 Å². The SMILES string of the molecule is CCc1oc(C(=O)N2CCC3(CCNC3)CC2)cc1C. The smallest absolute Gasteiger partial charge is 0.289 e. The van der Waals surface area contributed by atoms with Crippen LogP contribution in [0.5, 0.6) is 0 Å². The van der Waals surface area contributed by atoms with Gasteiger partial charge >= 0.3 is 0 Å². The Balaban J connectivity index is 1.66. The normalized spacial score (nSPS) is 21.6. The van der Waals surface area contributed by atoms with Crippen LogP contribution in [0, 0.1) is 12.3 Å². The van der Waals surface area contributed by atoms with Gasteiger partial charge in [-0.1, -0.05) is 6.92 Å². The lowest BCUT2D eigenvalue weighted by molar-refractivity contribution is 0.0575. The number of amides is 1. The highest BCUT2D eigenvalue weighted by molar-refractivity contribution is 5.91. The number of rotatable bonds is 2. The molecule has 0 atom stereocenters. The molecule has 20 heavy (non-hydrogen) atoms. The molecule has 110 valence electrons. The van der Waals surface area contributed by atoms with Crippen molar-refractivity contribution in [3.05, 3.63) is 23.2 Å². The summed E-state index contributed by atoms with van der Waals surface area (Å²) in [6.45, 7) is 8.04. The van der Waals surface area contributed by atoms with E-state index in [1.165, 1.54) is 6.42 Å². The predicted octanol–water partition coefficient (Wildman–Crippen LogP) is 2.37. The Labute approximate surface area is 120 Å². The van der Waals surface area contributed by atoms with Crippen LogP contribution >= 0.6 is 0 Å². The molecule has 0 unspecified atom stereocenters. The Morgan fingerprint density at radius 1 is 1.40 bits per heavy atom. The Bertz CT molecular complexity index is 491. The molecule has 1 aromatic heterocycles. The second-order valence-corrected chi connectivity index (χ2v) is 6.29. The number of furan rings is 1. The molecular weight excluding hydrogens is 252 g/mol. The second kappa shape index (κ2) is 5.24. The van der Waals surface area contributed by atoms with Crippen molar-refractivity contribution in [1.82, 2.24) is 10.2 Å². The molecule has 4 heteroatoms. The number of carbonyl (C=O) groups excluding carboxylic acids is 1. The van der Waals surface area contributed by atoms with Gasteiger partial charge in [0, 0.05) is 26.1 Å². The van der Waals surface area contributed by atoms with Gasteiger partial charge in [-0.3, -0.25) is 4.79 Å². The highest BCUT2D eigenvalue weighted by Gasteiger charge is 2.38. The zero-order chi connectivity index (χ0) is 14.2. The van der Waals surface area contributed by atoms with E-state index in [0.717, 1.165) is 56.8 Å². The molecule has 2 aliphatic heterocycles. The van der Waals surface area contributed by atoms with Crippen LogP contribution in [0.4, 0.5) is 0 Å².